The molecule has 25 heavy (non-hydrogen) atoms. The van der Waals surface area contributed by atoms with E-state index in [9.17, 15) is 9.59 Å². The first kappa shape index (κ1) is 15.8. The molecule has 2 aromatic rings. The van der Waals surface area contributed by atoms with Crippen molar-refractivity contribution >= 4 is 23.2 Å². The Morgan fingerprint density at radius 1 is 1.12 bits per heavy atom. The number of quaternary nitrogens is 1. The number of anilines is 2. The van der Waals surface area contributed by atoms with Crippen molar-refractivity contribution < 1.29 is 14.5 Å². The van der Waals surface area contributed by atoms with Gasteiger partial charge in [-0.15, -0.1) is 0 Å². The number of amides is 2. The van der Waals surface area contributed by atoms with Crippen LogP contribution in [0.2, 0.25) is 0 Å². The molecule has 128 valence electrons. The number of para-hydroxylation sites is 2. The Labute approximate surface area is 147 Å². The van der Waals surface area contributed by atoms with E-state index in [1.54, 1.807) is 4.90 Å². The second kappa shape index (κ2) is 6.33. The van der Waals surface area contributed by atoms with Crippen molar-refractivity contribution in [1.29, 1.82) is 0 Å². The van der Waals surface area contributed by atoms with Crippen LogP contribution < -0.4 is 15.1 Å². The molecule has 0 radical (unpaired) electrons. The molecule has 0 fully saturated rings. The van der Waals surface area contributed by atoms with Crippen LogP contribution >= 0.6 is 0 Å². The van der Waals surface area contributed by atoms with E-state index in [0.29, 0.717) is 5.69 Å². The van der Waals surface area contributed by atoms with Crippen molar-refractivity contribution in [2.75, 3.05) is 23.3 Å². The molecule has 5 nitrogen and oxygen atoms in total. The van der Waals surface area contributed by atoms with Crippen LogP contribution in [0.3, 0.4) is 0 Å². The first-order chi connectivity index (χ1) is 12.1. The molecule has 0 saturated carbocycles. The van der Waals surface area contributed by atoms with E-state index in [4.69, 9.17) is 0 Å². The Hall–Kier alpha value is -2.66. The largest absolute Gasteiger partial charge is 0.323 e. The fourth-order valence-corrected chi connectivity index (χ4v) is 3.81. The lowest BCUT2D eigenvalue weighted by Gasteiger charge is -2.35. The summed E-state index contributed by atoms with van der Waals surface area (Å²) in [6.45, 7) is 3.85. The zero-order valence-corrected chi connectivity index (χ0v) is 14.3. The van der Waals surface area contributed by atoms with E-state index in [1.165, 1.54) is 16.0 Å². The number of carbonyl (C=O) groups excluding carboxylic acids is 2. The number of fused-ring (bicyclic) bond motifs is 2. The highest BCUT2D eigenvalue weighted by atomic mass is 16.2. The molecule has 1 unspecified atom stereocenters. The summed E-state index contributed by atoms with van der Waals surface area (Å²) < 4.78 is 0. The van der Waals surface area contributed by atoms with Gasteiger partial charge in [0.15, 0.2) is 6.04 Å². The van der Waals surface area contributed by atoms with E-state index < -0.39 is 0 Å². The number of nitrogens with zero attached hydrogens (tertiary/aromatic N) is 1. The normalized spacial score (nSPS) is 20.3. The van der Waals surface area contributed by atoms with Crippen LogP contribution in [0.1, 0.15) is 18.1 Å². The summed E-state index contributed by atoms with van der Waals surface area (Å²) in [5, 5.41) is 2.84. The maximum absolute atomic E-state index is 13.1. The summed E-state index contributed by atoms with van der Waals surface area (Å²) in [5.74, 6) is -0.130. The Balaban J connectivity index is 1.56. The number of hydrogen-bond donors (Lipinski definition) is 2. The van der Waals surface area contributed by atoms with Gasteiger partial charge in [-0.3, -0.25) is 14.5 Å². The Bertz CT molecular complexity index is 833. The van der Waals surface area contributed by atoms with Crippen LogP contribution in [-0.4, -0.2) is 30.9 Å². The lowest BCUT2D eigenvalue weighted by Crippen LogP contribution is -3.16. The SMILES string of the molecule is C[C@@H](C(=O)N1CC(=O)Nc2ccccc21)[NH+]1CCc2ccccc2C1. The van der Waals surface area contributed by atoms with E-state index in [0.717, 1.165) is 25.2 Å². The van der Waals surface area contributed by atoms with Crippen LogP contribution in [0.15, 0.2) is 48.5 Å². The Morgan fingerprint density at radius 2 is 1.84 bits per heavy atom. The second-order valence-electron chi connectivity index (χ2n) is 6.82. The summed E-state index contributed by atoms with van der Waals surface area (Å²) >= 11 is 0. The molecule has 2 heterocycles. The molecule has 2 atom stereocenters. The van der Waals surface area contributed by atoms with E-state index in [-0.39, 0.29) is 24.4 Å². The third-order valence-electron chi connectivity index (χ3n) is 5.27. The van der Waals surface area contributed by atoms with Crippen molar-refractivity contribution in [1.82, 2.24) is 0 Å². The van der Waals surface area contributed by atoms with Gasteiger partial charge >= 0.3 is 0 Å². The van der Waals surface area contributed by atoms with Gasteiger partial charge in [0.2, 0.25) is 5.91 Å². The maximum Gasteiger partial charge on any atom is 0.285 e. The number of carbonyl (C=O) groups is 2. The third kappa shape index (κ3) is 2.91. The summed E-state index contributed by atoms with van der Waals surface area (Å²) in [5.41, 5.74) is 4.20. The molecule has 5 heteroatoms. The summed E-state index contributed by atoms with van der Waals surface area (Å²) in [6.07, 6.45) is 0.986. The summed E-state index contributed by atoms with van der Waals surface area (Å²) in [6, 6.07) is 15.7. The third-order valence-corrected chi connectivity index (χ3v) is 5.27. The fourth-order valence-electron chi connectivity index (χ4n) is 3.81. The van der Waals surface area contributed by atoms with Gasteiger partial charge in [0, 0.05) is 12.0 Å². The molecule has 0 aliphatic carbocycles. The molecule has 2 aliphatic rings. The molecule has 0 bridgehead atoms. The lowest BCUT2D eigenvalue weighted by atomic mass is 9.98. The topological polar surface area (TPSA) is 53.9 Å². The standard InChI is InChI=1S/C20H21N3O2/c1-14(22-11-10-15-6-2-3-7-16(15)12-22)20(25)23-13-19(24)21-17-8-4-5-9-18(17)23/h2-9,14H,10-13H2,1H3,(H,21,24)/p+1/t14-/m0/s1. The van der Waals surface area contributed by atoms with E-state index in [2.05, 4.69) is 29.6 Å². The van der Waals surface area contributed by atoms with Gasteiger partial charge in [0.1, 0.15) is 13.1 Å². The molecule has 4 rings (SSSR count). The number of rotatable bonds is 2. The van der Waals surface area contributed by atoms with Crippen molar-refractivity contribution in [3.63, 3.8) is 0 Å². The summed E-state index contributed by atoms with van der Waals surface area (Å²) in [4.78, 5) is 28.0. The van der Waals surface area contributed by atoms with Crippen LogP contribution in [0, 0.1) is 0 Å². The minimum Gasteiger partial charge on any atom is -0.323 e. The van der Waals surface area contributed by atoms with Crippen LogP contribution in [-0.2, 0) is 22.6 Å². The number of nitrogens with one attached hydrogen (secondary N) is 2. The molecular weight excluding hydrogens is 314 g/mol. The van der Waals surface area contributed by atoms with Crippen LogP contribution in [0.4, 0.5) is 11.4 Å². The molecule has 2 aliphatic heterocycles. The van der Waals surface area contributed by atoms with Gasteiger partial charge in [-0.2, -0.15) is 0 Å². The number of hydrogen-bond acceptors (Lipinski definition) is 2. The van der Waals surface area contributed by atoms with Crippen LogP contribution in [0.25, 0.3) is 0 Å². The average molecular weight is 336 g/mol. The van der Waals surface area contributed by atoms with Gasteiger partial charge < -0.3 is 10.2 Å². The quantitative estimate of drug-likeness (QED) is 0.860. The Kier molecular flexibility index (Phi) is 4.01. The minimum atomic E-state index is -0.188. The zero-order valence-electron chi connectivity index (χ0n) is 14.3. The maximum atomic E-state index is 13.1. The molecule has 0 spiro atoms. The number of benzene rings is 2. The van der Waals surface area contributed by atoms with E-state index in [1.807, 2.05) is 31.2 Å². The van der Waals surface area contributed by atoms with Gasteiger partial charge in [-0.25, -0.2) is 0 Å². The second-order valence-corrected chi connectivity index (χ2v) is 6.82. The molecule has 2 aromatic carbocycles. The monoisotopic (exact) mass is 336 g/mol. The molecule has 0 aromatic heterocycles. The van der Waals surface area contributed by atoms with Crippen LogP contribution in [0.5, 0.6) is 0 Å². The van der Waals surface area contributed by atoms with Gasteiger partial charge in [-0.1, -0.05) is 36.4 Å². The highest BCUT2D eigenvalue weighted by Gasteiger charge is 2.35. The minimum absolute atomic E-state index is 0.0108. The van der Waals surface area contributed by atoms with Crippen molar-refractivity contribution in [3.05, 3.63) is 59.7 Å². The highest BCUT2D eigenvalue weighted by molar-refractivity contribution is 6.10. The van der Waals surface area contributed by atoms with Crippen molar-refractivity contribution in [2.45, 2.75) is 25.9 Å². The predicted octanol–water partition coefficient (Wildman–Crippen LogP) is 1.00. The first-order valence-electron chi connectivity index (χ1n) is 8.75. The van der Waals surface area contributed by atoms with Gasteiger partial charge in [0.05, 0.1) is 17.9 Å². The smallest absolute Gasteiger partial charge is 0.285 e. The van der Waals surface area contributed by atoms with E-state index >= 15 is 0 Å². The molecule has 2 amide bonds. The highest BCUT2D eigenvalue weighted by Crippen LogP contribution is 2.29. The van der Waals surface area contributed by atoms with Gasteiger partial charge in [0.25, 0.3) is 5.91 Å². The predicted molar refractivity (Wildman–Crippen MR) is 96.6 cm³/mol. The zero-order chi connectivity index (χ0) is 17.4. The lowest BCUT2D eigenvalue weighted by molar-refractivity contribution is -0.929. The molecule has 0 saturated heterocycles. The van der Waals surface area contributed by atoms with Gasteiger partial charge in [-0.05, 0) is 24.6 Å². The summed E-state index contributed by atoms with van der Waals surface area (Å²) in [7, 11) is 0. The van der Waals surface area contributed by atoms with Crippen molar-refractivity contribution in [2.24, 2.45) is 0 Å². The first-order valence-corrected chi connectivity index (χ1v) is 8.75. The molecule has 2 N–H and O–H groups in total. The molecular formula is C20H22N3O2+. The fraction of sp³-hybridized carbons (Fsp3) is 0.300. The van der Waals surface area contributed by atoms with Crippen molar-refractivity contribution in [3.8, 4) is 0 Å². The average Bonchev–Trinajstić information content (AvgIpc) is 2.65. The Morgan fingerprint density at radius 3 is 2.68 bits per heavy atom.